The number of hydrogen-bond donors (Lipinski definition) is 1. The molecule has 0 saturated heterocycles. The molecule has 0 aromatic heterocycles. The van der Waals surface area contributed by atoms with Crippen LogP contribution in [0.3, 0.4) is 0 Å². The molecule has 0 spiro atoms. The summed E-state index contributed by atoms with van der Waals surface area (Å²) in [4.78, 5) is 21.6. The number of sulfonamides is 1. The highest BCUT2D eigenvalue weighted by molar-refractivity contribution is 7.90. The monoisotopic (exact) mass is 300 g/mol. The molecule has 1 atom stereocenters. The number of rotatable bonds is 4. The average molecular weight is 300 g/mol. The molecule has 0 bridgehead atoms. The SMILES string of the molecule is CC(O)CCN1C(=O)c2ccc([N+](=O)[O-])cc2S1(=O)=O. The van der Waals surface area contributed by atoms with Crippen LogP contribution in [0, 0.1) is 10.1 Å². The number of non-ortho nitro benzene ring substituents is 1. The van der Waals surface area contributed by atoms with Crippen molar-refractivity contribution in [3.63, 3.8) is 0 Å². The van der Waals surface area contributed by atoms with E-state index in [1.807, 2.05) is 0 Å². The molecule has 8 nitrogen and oxygen atoms in total. The summed E-state index contributed by atoms with van der Waals surface area (Å²) in [6.45, 7) is 1.31. The lowest BCUT2D eigenvalue weighted by Gasteiger charge is -2.15. The molecule has 0 radical (unpaired) electrons. The minimum absolute atomic E-state index is 0.0822. The molecule has 108 valence electrons. The Morgan fingerprint density at radius 1 is 1.45 bits per heavy atom. The largest absolute Gasteiger partial charge is 0.393 e. The first-order chi connectivity index (χ1) is 9.25. The molecular formula is C11H12N2O6S. The number of carbonyl (C=O) groups excluding carboxylic acids is 1. The standard InChI is InChI=1S/C11H12N2O6S/c1-7(14)4-5-12-11(15)9-3-2-8(13(16)17)6-10(9)20(12,18)19/h2-3,6-7,14H,4-5H2,1H3. The van der Waals surface area contributed by atoms with Gasteiger partial charge >= 0.3 is 0 Å². The quantitative estimate of drug-likeness (QED) is 0.639. The number of nitro groups is 1. The van der Waals surface area contributed by atoms with Gasteiger partial charge in [0.2, 0.25) is 0 Å². The molecule has 1 aromatic rings. The molecule has 1 aromatic carbocycles. The van der Waals surface area contributed by atoms with Crippen molar-refractivity contribution >= 4 is 21.6 Å². The van der Waals surface area contributed by atoms with Crippen LogP contribution >= 0.6 is 0 Å². The van der Waals surface area contributed by atoms with Gasteiger partial charge in [-0.3, -0.25) is 14.9 Å². The van der Waals surface area contributed by atoms with Crippen molar-refractivity contribution in [1.82, 2.24) is 4.31 Å². The van der Waals surface area contributed by atoms with Crippen LogP contribution in [0.15, 0.2) is 23.1 Å². The number of nitrogens with zero attached hydrogens (tertiary/aromatic N) is 2. The molecule has 9 heteroatoms. The van der Waals surface area contributed by atoms with E-state index in [4.69, 9.17) is 0 Å². The van der Waals surface area contributed by atoms with E-state index in [2.05, 4.69) is 0 Å². The van der Waals surface area contributed by atoms with Crippen LogP contribution in [0.1, 0.15) is 23.7 Å². The van der Waals surface area contributed by atoms with Gasteiger partial charge in [-0.25, -0.2) is 12.7 Å². The molecule has 0 fully saturated rings. The van der Waals surface area contributed by atoms with Gasteiger partial charge in [0.05, 0.1) is 16.6 Å². The Labute approximate surface area is 114 Å². The highest BCUT2D eigenvalue weighted by Crippen LogP contribution is 2.33. The van der Waals surface area contributed by atoms with Crippen molar-refractivity contribution in [3.05, 3.63) is 33.9 Å². The smallest absolute Gasteiger partial charge is 0.270 e. The molecule has 1 heterocycles. The molecule has 0 aliphatic carbocycles. The van der Waals surface area contributed by atoms with E-state index in [1.54, 1.807) is 0 Å². The summed E-state index contributed by atoms with van der Waals surface area (Å²) in [5, 5.41) is 19.8. The van der Waals surface area contributed by atoms with Gasteiger partial charge in [-0.2, -0.15) is 0 Å². The Morgan fingerprint density at radius 3 is 2.65 bits per heavy atom. The highest BCUT2D eigenvalue weighted by Gasteiger charge is 2.41. The topological polar surface area (TPSA) is 118 Å². The number of nitro benzene ring substituents is 1. The third-order valence-electron chi connectivity index (χ3n) is 2.95. The lowest BCUT2D eigenvalue weighted by atomic mass is 10.2. The number of carbonyl (C=O) groups is 1. The minimum atomic E-state index is -4.08. The Morgan fingerprint density at radius 2 is 2.10 bits per heavy atom. The zero-order valence-electron chi connectivity index (χ0n) is 10.5. The second-order valence-electron chi connectivity index (χ2n) is 4.46. The number of hydrogen-bond acceptors (Lipinski definition) is 6. The van der Waals surface area contributed by atoms with Crippen LogP contribution < -0.4 is 0 Å². The van der Waals surface area contributed by atoms with Gasteiger partial charge in [-0.1, -0.05) is 0 Å². The zero-order chi connectivity index (χ0) is 15.1. The number of fused-ring (bicyclic) bond motifs is 1. The summed E-state index contributed by atoms with van der Waals surface area (Å²) in [5.74, 6) is -0.726. The first-order valence-corrected chi connectivity index (χ1v) is 7.22. The first-order valence-electron chi connectivity index (χ1n) is 5.78. The van der Waals surface area contributed by atoms with Crippen molar-refractivity contribution in [3.8, 4) is 0 Å². The third kappa shape index (κ3) is 2.25. The maximum absolute atomic E-state index is 12.2. The van der Waals surface area contributed by atoms with E-state index < -0.39 is 32.6 Å². The maximum Gasteiger partial charge on any atom is 0.270 e. The van der Waals surface area contributed by atoms with Gasteiger partial charge in [0.25, 0.3) is 21.6 Å². The number of amides is 1. The molecule has 1 amide bonds. The normalized spacial score (nSPS) is 17.9. The van der Waals surface area contributed by atoms with Crippen molar-refractivity contribution in [1.29, 1.82) is 0 Å². The summed E-state index contributed by atoms with van der Waals surface area (Å²) >= 11 is 0. The molecule has 0 saturated carbocycles. The summed E-state index contributed by atoms with van der Waals surface area (Å²) in [5.41, 5.74) is -0.473. The number of benzene rings is 1. The number of aliphatic hydroxyl groups is 1. The van der Waals surface area contributed by atoms with Crippen LogP contribution in [-0.4, -0.2) is 41.3 Å². The Kier molecular flexibility index (Phi) is 3.48. The molecule has 1 aliphatic rings. The van der Waals surface area contributed by atoms with E-state index in [9.17, 15) is 28.4 Å². The van der Waals surface area contributed by atoms with Gasteiger partial charge in [0.15, 0.2) is 0 Å². The van der Waals surface area contributed by atoms with Crippen molar-refractivity contribution in [2.45, 2.75) is 24.3 Å². The van der Waals surface area contributed by atoms with Crippen LogP contribution in [0.25, 0.3) is 0 Å². The third-order valence-corrected chi connectivity index (χ3v) is 4.77. The fraction of sp³-hybridized carbons (Fsp3) is 0.364. The van der Waals surface area contributed by atoms with Gasteiger partial charge in [-0.05, 0) is 19.4 Å². The number of aliphatic hydroxyl groups excluding tert-OH is 1. The molecule has 2 rings (SSSR count). The van der Waals surface area contributed by atoms with E-state index in [-0.39, 0.29) is 23.4 Å². The van der Waals surface area contributed by atoms with Crippen LogP contribution in [0.5, 0.6) is 0 Å². The highest BCUT2D eigenvalue weighted by atomic mass is 32.2. The second-order valence-corrected chi connectivity index (χ2v) is 6.29. The van der Waals surface area contributed by atoms with Crippen LogP contribution in [-0.2, 0) is 10.0 Å². The lowest BCUT2D eigenvalue weighted by molar-refractivity contribution is -0.385. The molecule has 20 heavy (non-hydrogen) atoms. The summed E-state index contributed by atoms with van der Waals surface area (Å²) in [6.07, 6.45) is -0.655. The Bertz CT molecular complexity index is 682. The summed E-state index contributed by atoms with van der Waals surface area (Å²) in [7, 11) is -4.08. The average Bonchev–Trinajstić information content (AvgIpc) is 2.55. The van der Waals surface area contributed by atoms with Gasteiger partial charge in [0, 0.05) is 18.7 Å². The van der Waals surface area contributed by atoms with E-state index in [1.165, 1.54) is 6.92 Å². The van der Waals surface area contributed by atoms with Crippen molar-refractivity contribution in [2.24, 2.45) is 0 Å². The van der Waals surface area contributed by atoms with Gasteiger partial charge < -0.3 is 5.11 Å². The summed E-state index contributed by atoms with van der Waals surface area (Å²) < 4.78 is 25.0. The van der Waals surface area contributed by atoms with Crippen molar-refractivity contribution < 1.29 is 23.2 Å². The van der Waals surface area contributed by atoms with Gasteiger partial charge in [-0.15, -0.1) is 0 Å². The van der Waals surface area contributed by atoms with E-state index in [0.29, 0.717) is 4.31 Å². The second kappa shape index (κ2) is 4.84. The fourth-order valence-electron chi connectivity index (χ4n) is 1.90. The first kappa shape index (κ1) is 14.4. The van der Waals surface area contributed by atoms with E-state index >= 15 is 0 Å². The zero-order valence-corrected chi connectivity index (χ0v) is 11.3. The fourth-order valence-corrected chi connectivity index (χ4v) is 3.51. The summed E-state index contributed by atoms with van der Waals surface area (Å²) in [6, 6.07) is 3.10. The van der Waals surface area contributed by atoms with Crippen LogP contribution in [0.2, 0.25) is 0 Å². The van der Waals surface area contributed by atoms with Crippen molar-refractivity contribution in [2.75, 3.05) is 6.54 Å². The predicted molar refractivity (Wildman–Crippen MR) is 67.6 cm³/mol. The minimum Gasteiger partial charge on any atom is -0.393 e. The maximum atomic E-state index is 12.2. The van der Waals surface area contributed by atoms with Crippen LogP contribution in [0.4, 0.5) is 5.69 Å². The molecule has 1 aliphatic heterocycles. The van der Waals surface area contributed by atoms with E-state index in [0.717, 1.165) is 18.2 Å². The molecular weight excluding hydrogens is 288 g/mol. The lowest BCUT2D eigenvalue weighted by Crippen LogP contribution is -2.32. The predicted octanol–water partition coefficient (Wildman–Crippen LogP) is 0.510. The van der Waals surface area contributed by atoms with Gasteiger partial charge in [0.1, 0.15) is 4.90 Å². The Hall–Kier alpha value is -2.00. The molecule has 1 unspecified atom stereocenters. The Balaban J connectivity index is 2.45. The molecule has 1 N–H and O–H groups in total.